The van der Waals surface area contributed by atoms with E-state index in [-0.39, 0.29) is 18.7 Å². The van der Waals surface area contributed by atoms with Gasteiger partial charge in [0.05, 0.1) is 6.42 Å². The summed E-state index contributed by atoms with van der Waals surface area (Å²) in [4.78, 5) is 23.9. The summed E-state index contributed by atoms with van der Waals surface area (Å²) in [5, 5.41) is 11.2. The predicted octanol–water partition coefficient (Wildman–Crippen LogP) is 1.43. The van der Waals surface area contributed by atoms with Crippen molar-refractivity contribution in [1.29, 1.82) is 0 Å². The minimum atomic E-state index is -0.985. The van der Waals surface area contributed by atoms with Crippen LogP contribution >= 0.6 is 0 Å². The monoisotopic (exact) mass is 280 g/mol. The molecule has 0 radical (unpaired) electrons. The molecule has 2 N–H and O–H groups in total. The second-order valence-electron chi connectivity index (χ2n) is 4.62. The van der Waals surface area contributed by atoms with Crippen LogP contribution in [-0.4, -0.2) is 49.1 Å². The van der Waals surface area contributed by atoms with E-state index in [1.165, 1.54) is 0 Å². The summed E-state index contributed by atoms with van der Waals surface area (Å²) in [5.74, 6) is -0.637. The largest absolute Gasteiger partial charge is 0.492 e. The number of rotatable bonds is 8. The molecule has 0 fully saturated rings. The summed E-state index contributed by atoms with van der Waals surface area (Å²) in [6.07, 6.45) is -0.216. The molecule has 0 aromatic heterocycles. The Morgan fingerprint density at radius 3 is 2.70 bits per heavy atom. The van der Waals surface area contributed by atoms with Crippen molar-refractivity contribution in [3.05, 3.63) is 24.3 Å². The maximum atomic E-state index is 11.5. The van der Waals surface area contributed by atoms with E-state index >= 15 is 0 Å². The second kappa shape index (κ2) is 8.16. The Kier molecular flexibility index (Phi) is 6.52. The van der Waals surface area contributed by atoms with Gasteiger partial charge in [0.25, 0.3) is 0 Å². The van der Waals surface area contributed by atoms with Gasteiger partial charge in [-0.25, -0.2) is 0 Å². The lowest BCUT2D eigenvalue weighted by molar-refractivity contribution is -0.138. The SMILES string of the molecule is CN(C)CCOc1cccc(NC(=O)CCC(=O)O)c1. The zero-order valence-corrected chi connectivity index (χ0v) is 11.8. The lowest BCUT2D eigenvalue weighted by Gasteiger charge is -2.12. The Labute approximate surface area is 118 Å². The van der Waals surface area contributed by atoms with E-state index in [9.17, 15) is 9.59 Å². The summed E-state index contributed by atoms with van der Waals surface area (Å²) >= 11 is 0. The minimum absolute atomic E-state index is 0.0406. The predicted molar refractivity (Wildman–Crippen MR) is 76.0 cm³/mol. The Morgan fingerprint density at radius 1 is 1.30 bits per heavy atom. The van der Waals surface area contributed by atoms with E-state index in [1.807, 2.05) is 25.1 Å². The first-order valence-corrected chi connectivity index (χ1v) is 6.36. The molecule has 6 nitrogen and oxygen atoms in total. The van der Waals surface area contributed by atoms with Crippen LogP contribution in [0.2, 0.25) is 0 Å². The summed E-state index contributed by atoms with van der Waals surface area (Å²) in [6.45, 7) is 1.36. The maximum absolute atomic E-state index is 11.5. The Hall–Kier alpha value is -2.08. The van der Waals surface area contributed by atoms with Gasteiger partial charge in [-0.3, -0.25) is 9.59 Å². The standard InChI is InChI=1S/C14H20N2O4/c1-16(2)8-9-20-12-5-3-4-11(10-12)15-13(17)6-7-14(18)19/h3-5,10H,6-9H2,1-2H3,(H,15,17)(H,18,19). The molecule has 0 atom stereocenters. The number of benzene rings is 1. The molecule has 1 aromatic rings. The van der Waals surface area contributed by atoms with Crippen molar-refractivity contribution >= 4 is 17.6 Å². The van der Waals surface area contributed by atoms with Crippen LogP contribution in [-0.2, 0) is 9.59 Å². The maximum Gasteiger partial charge on any atom is 0.303 e. The van der Waals surface area contributed by atoms with E-state index in [2.05, 4.69) is 5.32 Å². The van der Waals surface area contributed by atoms with Crippen molar-refractivity contribution in [3.63, 3.8) is 0 Å². The fraction of sp³-hybridized carbons (Fsp3) is 0.429. The van der Waals surface area contributed by atoms with Crippen LogP contribution in [0.1, 0.15) is 12.8 Å². The van der Waals surface area contributed by atoms with E-state index in [0.29, 0.717) is 18.0 Å². The van der Waals surface area contributed by atoms with E-state index in [4.69, 9.17) is 9.84 Å². The highest BCUT2D eigenvalue weighted by Gasteiger charge is 2.06. The third-order valence-electron chi connectivity index (χ3n) is 2.49. The first-order chi connectivity index (χ1) is 9.47. The molecule has 0 aliphatic heterocycles. The smallest absolute Gasteiger partial charge is 0.303 e. The molecular formula is C14H20N2O4. The molecule has 0 unspecified atom stereocenters. The van der Waals surface area contributed by atoms with Crippen LogP contribution in [0.15, 0.2) is 24.3 Å². The van der Waals surface area contributed by atoms with Gasteiger partial charge in [0.15, 0.2) is 0 Å². The van der Waals surface area contributed by atoms with Gasteiger partial charge in [0.1, 0.15) is 12.4 Å². The highest BCUT2D eigenvalue weighted by atomic mass is 16.5. The third-order valence-corrected chi connectivity index (χ3v) is 2.49. The zero-order valence-electron chi connectivity index (χ0n) is 11.8. The molecule has 0 saturated carbocycles. The molecule has 0 spiro atoms. The fourth-order valence-corrected chi connectivity index (χ4v) is 1.45. The molecule has 0 heterocycles. The van der Waals surface area contributed by atoms with Gasteiger partial charge in [-0.1, -0.05) is 6.07 Å². The normalized spacial score (nSPS) is 10.3. The van der Waals surface area contributed by atoms with Crippen molar-refractivity contribution in [2.24, 2.45) is 0 Å². The van der Waals surface area contributed by atoms with Crippen molar-refractivity contribution in [2.75, 3.05) is 32.6 Å². The topological polar surface area (TPSA) is 78.9 Å². The van der Waals surface area contributed by atoms with Crippen molar-refractivity contribution in [3.8, 4) is 5.75 Å². The molecule has 6 heteroatoms. The molecule has 0 bridgehead atoms. The first kappa shape index (κ1) is 16.0. The number of ether oxygens (including phenoxy) is 1. The highest BCUT2D eigenvalue weighted by Crippen LogP contribution is 2.17. The number of hydrogen-bond acceptors (Lipinski definition) is 4. The number of anilines is 1. The number of nitrogens with one attached hydrogen (secondary N) is 1. The van der Waals surface area contributed by atoms with Crippen LogP contribution < -0.4 is 10.1 Å². The number of nitrogens with zero attached hydrogens (tertiary/aromatic N) is 1. The second-order valence-corrected chi connectivity index (χ2v) is 4.62. The van der Waals surface area contributed by atoms with Crippen LogP contribution in [0.5, 0.6) is 5.75 Å². The molecule has 1 aromatic carbocycles. The van der Waals surface area contributed by atoms with Gasteiger partial charge in [-0.2, -0.15) is 0 Å². The molecular weight excluding hydrogens is 260 g/mol. The number of amides is 1. The number of hydrogen-bond donors (Lipinski definition) is 2. The van der Waals surface area contributed by atoms with Gasteiger partial charge in [-0.15, -0.1) is 0 Å². The highest BCUT2D eigenvalue weighted by molar-refractivity contribution is 5.92. The van der Waals surface area contributed by atoms with Gasteiger partial charge in [0, 0.05) is 24.7 Å². The molecule has 110 valence electrons. The van der Waals surface area contributed by atoms with E-state index < -0.39 is 5.97 Å². The van der Waals surface area contributed by atoms with Crippen LogP contribution in [0.4, 0.5) is 5.69 Å². The van der Waals surface area contributed by atoms with Gasteiger partial charge < -0.3 is 20.1 Å². The molecule has 1 amide bonds. The number of carbonyl (C=O) groups is 2. The Morgan fingerprint density at radius 2 is 2.05 bits per heavy atom. The number of carbonyl (C=O) groups excluding carboxylic acids is 1. The average molecular weight is 280 g/mol. The molecule has 20 heavy (non-hydrogen) atoms. The third kappa shape index (κ3) is 6.75. The summed E-state index contributed by atoms with van der Waals surface area (Å²) < 4.78 is 5.55. The van der Waals surface area contributed by atoms with E-state index in [0.717, 1.165) is 6.54 Å². The lowest BCUT2D eigenvalue weighted by Crippen LogP contribution is -2.19. The van der Waals surface area contributed by atoms with E-state index in [1.54, 1.807) is 18.2 Å². The number of carboxylic acids is 1. The Balaban J connectivity index is 2.46. The van der Waals surface area contributed by atoms with Crippen LogP contribution in [0.25, 0.3) is 0 Å². The summed E-state index contributed by atoms with van der Waals surface area (Å²) in [7, 11) is 3.92. The van der Waals surface area contributed by atoms with Gasteiger partial charge >= 0.3 is 5.97 Å². The number of likely N-dealkylation sites (N-methyl/N-ethyl adjacent to an activating group) is 1. The molecule has 0 aliphatic carbocycles. The minimum Gasteiger partial charge on any atom is -0.492 e. The Bertz CT molecular complexity index is 460. The number of aliphatic carboxylic acids is 1. The zero-order chi connectivity index (χ0) is 15.0. The van der Waals surface area contributed by atoms with Crippen molar-refractivity contribution in [2.45, 2.75) is 12.8 Å². The number of carboxylic acid groups (broad SMARTS) is 1. The summed E-state index contributed by atoms with van der Waals surface area (Å²) in [5.41, 5.74) is 0.600. The molecule has 0 saturated heterocycles. The van der Waals surface area contributed by atoms with Gasteiger partial charge in [0.2, 0.25) is 5.91 Å². The van der Waals surface area contributed by atoms with Crippen LogP contribution in [0.3, 0.4) is 0 Å². The lowest BCUT2D eigenvalue weighted by atomic mass is 10.2. The van der Waals surface area contributed by atoms with Crippen molar-refractivity contribution < 1.29 is 19.4 Å². The fourth-order valence-electron chi connectivity index (χ4n) is 1.45. The average Bonchev–Trinajstić information content (AvgIpc) is 2.36. The molecule has 1 rings (SSSR count). The van der Waals surface area contributed by atoms with Crippen molar-refractivity contribution in [1.82, 2.24) is 4.90 Å². The molecule has 0 aliphatic rings. The van der Waals surface area contributed by atoms with Gasteiger partial charge in [-0.05, 0) is 26.2 Å². The first-order valence-electron chi connectivity index (χ1n) is 6.36. The quantitative estimate of drug-likeness (QED) is 0.753. The van der Waals surface area contributed by atoms with Crippen LogP contribution in [0, 0.1) is 0 Å². The summed E-state index contributed by atoms with van der Waals surface area (Å²) in [6, 6.07) is 7.03.